The first-order chi connectivity index (χ1) is 48.0. The molecule has 0 aromatic rings. The van der Waals surface area contributed by atoms with Gasteiger partial charge in [0.15, 0.2) is 6.10 Å². The molecule has 0 amide bonds. The predicted molar refractivity (Wildman–Crippen MR) is 425 cm³/mol. The minimum absolute atomic E-state index is 0.0302. The lowest BCUT2D eigenvalue weighted by atomic mass is 10.0. The SMILES string of the molecule is CC/C=C\C/C=C\C/C=C\C/C=C\C/C=C\CCCCCCCCCCCCCCCCCCCCCCCC(=O)OC(COC(=O)CCCCCCCCCCCCCCCCCCCCCCCC/C=C\C/C=C\C/C=C\CCCCCCC)COP(=O)([O-])OCC[N+](C)(C)C. The predicted octanol–water partition coefficient (Wildman–Crippen LogP) is 27.5. The molecule has 0 rings (SSSR count). The number of allylic oxidation sites excluding steroid dienone is 16. The van der Waals surface area contributed by atoms with Crippen molar-refractivity contribution < 1.29 is 42.1 Å². The largest absolute Gasteiger partial charge is 0.756 e. The van der Waals surface area contributed by atoms with Crippen molar-refractivity contribution in [1.82, 2.24) is 0 Å². The quantitative estimate of drug-likeness (QED) is 0.0195. The number of nitrogens with zero attached hydrogens (tertiary/aromatic N) is 1. The second kappa shape index (κ2) is 78.1. The first kappa shape index (κ1) is 94.9. The molecule has 0 aromatic heterocycles. The molecule has 0 fully saturated rings. The highest BCUT2D eigenvalue weighted by atomic mass is 31.2. The lowest BCUT2D eigenvalue weighted by molar-refractivity contribution is -0.870. The van der Waals surface area contributed by atoms with Crippen LogP contribution in [0.25, 0.3) is 0 Å². The number of carbonyl (C=O) groups excluding carboxylic acids is 2. The minimum atomic E-state index is -4.65. The van der Waals surface area contributed by atoms with Crippen molar-refractivity contribution >= 4 is 19.8 Å². The van der Waals surface area contributed by atoms with Gasteiger partial charge >= 0.3 is 11.9 Å². The van der Waals surface area contributed by atoms with Crippen LogP contribution in [-0.2, 0) is 32.7 Å². The molecule has 0 aliphatic heterocycles. The Morgan fingerprint density at radius 1 is 0.327 bits per heavy atom. The van der Waals surface area contributed by atoms with Gasteiger partial charge in [-0.1, -0.05) is 387 Å². The molecule has 2 unspecified atom stereocenters. The van der Waals surface area contributed by atoms with Crippen LogP contribution in [0.1, 0.15) is 399 Å². The summed E-state index contributed by atoms with van der Waals surface area (Å²) in [4.78, 5) is 38.2. The highest BCUT2D eigenvalue weighted by Crippen LogP contribution is 2.38. The lowest BCUT2D eigenvalue weighted by Crippen LogP contribution is -2.37. The Morgan fingerprint density at radius 2 is 0.582 bits per heavy atom. The molecule has 0 saturated heterocycles. The Labute approximate surface area is 608 Å². The number of ether oxygens (including phenoxy) is 2. The van der Waals surface area contributed by atoms with E-state index in [-0.39, 0.29) is 32.0 Å². The van der Waals surface area contributed by atoms with E-state index < -0.39 is 26.5 Å². The molecule has 570 valence electrons. The smallest absolute Gasteiger partial charge is 0.306 e. The molecule has 0 radical (unpaired) electrons. The van der Waals surface area contributed by atoms with Crippen molar-refractivity contribution in [2.24, 2.45) is 0 Å². The van der Waals surface area contributed by atoms with Crippen molar-refractivity contribution in [2.75, 3.05) is 47.5 Å². The summed E-state index contributed by atoms with van der Waals surface area (Å²) in [5, 5.41) is 0. The Morgan fingerprint density at radius 3 is 0.867 bits per heavy atom. The minimum Gasteiger partial charge on any atom is -0.756 e. The van der Waals surface area contributed by atoms with Gasteiger partial charge in [-0.15, -0.1) is 0 Å². The number of esters is 2. The molecule has 0 aromatic carbocycles. The van der Waals surface area contributed by atoms with Crippen LogP contribution in [0.5, 0.6) is 0 Å². The first-order valence-electron chi connectivity index (χ1n) is 41.9. The van der Waals surface area contributed by atoms with Gasteiger partial charge in [-0.05, 0) is 96.3 Å². The summed E-state index contributed by atoms with van der Waals surface area (Å²) < 4.78 is 34.5. The molecule has 2 atom stereocenters. The highest BCUT2D eigenvalue weighted by molar-refractivity contribution is 7.45. The normalized spacial score (nSPS) is 13.5. The molecule has 10 heteroatoms. The van der Waals surface area contributed by atoms with Crippen LogP contribution < -0.4 is 4.89 Å². The van der Waals surface area contributed by atoms with Gasteiger partial charge in [0.1, 0.15) is 19.8 Å². The number of likely N-dealkylation sites (N-methyl/N-ethyl adjacent to an activating group) is 1. The number of unbranched alkanes of at least 4 members (excludes halogenated alkanes) is 48. The zero-order valence-electron chi connectivity index (χ0n) is 65.2. The van der Waals surface area contributed by atoms with E-state index in [2.05, 4.69) is 111 Å². The number of rotatable bonds is 78. The molecule has 0 aliphatic rings. The fourth-order valence-electron chi connectivity index (χ4n) is 12.2. The zero-order valence-corrected chi connectivity index (χ0v) is 66.1. The van der Waals surface area contributed by atoms with Crippen molar-refractivity contribution in [3.05, 3.63) is 97.2 Å². The third-order valence-corrected chi connectivity index (χ3v) is 19.6. The van der Waals surface area contributed by atoms with Crippen molar-refractivity contribution in [3.63, 3.8) is 0 Å². The molecule has 0 saturated carbocycles. The second-order valence-electron chi connectivity index (χ2n) is 29.5. The third-order valence-electron chi connectivity index (χ3n) is 18.6. The van der Waals surface area contributed by atoms with Crippen molar-refractivity contribution in [3.8, 4) is 0 Å². The van der Waals surface area contributed by atoms with Crippen LogP contribution in [0.4, 0.5) is 0 Å². The van der Waals surface area contributed by atoms with Gasteiger partial charge in [0, 0.05) is 12.8 Å². The summed E-state index contributed by atoms with van der Waals surface area (Å²) in [5.74, 6) is -0.813. The third kappa shape index (κ3) is 81.9. The molecule has 0 bridgehead atoms. The Kier molecular flexibility index (Phi) is 75.6. The molecule has 0 heterocycles. The Bertz CT molecular complexity index is 1980. The molecular formula is C88H160NO8P. The van der Waals surface area contributed by atoms with E-state index in [9.17, 15) is 19.0 Å². The van der Waals surface area contributed by atoms with E-state index in [4.69, 9.17) is 18.5 Å². The zero-order chi connectivity index (χ0) is 71.1. The summed E-state index contributed by atoms with van der Waals surface area (Å²) in [6.07, 6.45) is 110. The van der Waals surface area contributed by atoms with Gasteiger partial charge in [0.05, 0.1) is 27.7 Å². The van der Waals surface area contributed by atoms with Crippen molar-refractivity contribution in [2.45, 2.75) is 405 Å². The van der Waals surface area contributed by atoms with Crippen molar-refractivity contribution in [1.29, 1.82) is 0 Å². The number of hydrogen-bond donors (Lipinski definition) is 0. The van der Waals surface area contributed by atoms with Crippen LogP contribution in [0.2, 0.25) is 0 Å². The summed E-state index contributed by atoms with van der Waals surface area (Å²) in [6.45, 7) is 4.17. The number of carbonyl (C=O) groups is 2. The van der Waals surface area contributed by atoms with E-state index in [1.165, 1.54) is 283 Å². The molecule has 9 nitrogen and oxygen atoms in total. The monoisotopic (exact) mass is 1390 g/mol. The highest BCUT2D eigenvalue weighted by Gasteiger charge is 2.22. The van der Waals surface area contributed by atoms with E-state index in [0.29, 0.717) is 17.4 Å². The topological polar surface area (TPSA) is 111 Å². The van der Waals surface area contributed by atoms with Gasteiger partial charge in [-0.3, -0.25) is 14.2 Å². The molecular weight excluding hydrogens is 1230 g/mol. The maximum atomic E-state index is 12.9. The van der Waals surface area contributed by atoms with E-state index >= 15 is 0 Å². The average molecular weight is 1390 g/mol. The molecule has 0 spiro atoms. The molecule has 0 N–H and O–H groups in total. The summed E-state index contributed by atoms with van der Waals surface area (Å²) in [5.41, 5.74) is 0. The summed E-state index contributed by atoms with van der Waals surface area (Å²) >= 11 is 0. The van der Waals surface area contributed by atoms with Crippen LogP contribution in [0.15, 0.2) is 97.2 Å². The van der Waals surface area contributed by atoms with Gasteiger partial charge in [-0.25, -0.2) is 0 Å². The number of quaternary nitrogens is 1. The van der Waals surface area contributed by atoms with Crippen LogP contribution >= 0.6 is 7.82 Å². The Balaban J connectivity index is 3.91. The number of phosphoric ester groups is 1. The van der Waals surface area contributed by atoms with E-state index in [1.807, 2.05) is 21.1 Å². The fourth-order valence-corrected chi connectivity index (χ4v) is 13.0. The van der Waals surface area contributed by atoms with Gasteiger partial charge in [0.2, 0.25) is 0 Å². The van der Waals surface area contributed by atoms with E-state index in [0.717, 1.165) is 83.5 Å². The van der Waals surface area contributed by atoms with Crippen LogP contribution in [0.3, 0.4) is 0 Å². The average Bonchev–Trinajstić information content (AvgIpc) is 1.08. The molecule has 0 aliphatic carbocycles. The fraction of sp³-hybridized carbons (Fsp3) is 0.795. The Hall–Kier alpha value is -3.07. The summed E-state index contributed by atoms with van der Waals surface area (Å²) in [7, 11) is 1.18. The number of hydrogen-bond acceptors (Lipinski definition) is 8. The van der Waals surface area contributed by atoms with Crippen LogP contribution in [-0.4, -0.2) is 70.0 Å². The molecule has 98 heavy (non-hydrogen) atoms. The maximum absolute atomic E-state index is 12.9. The van der Waals surface area contributed by atoms with Crippen LogP contribution in [0, 0.1) is 0 Å². The van der Waals surface area contributed by atoms with Gasteiger partial charge < -0.3 is 27.9 Å². The standard InChI is InChI=1S/C88H160NO8P/c1-6-8-10-12-14-16-18-20-22-24-26-28-30-32-34-36-38-40-42-44-46-48-50-52-54-56-58-60-62-64-66-68-70-72-74-76-78-80-87(90)94-84-86(85-96-98(92,93)95-83-82-89(3,4)5)97-88(91)81-79-77-75-73-71-69-67-65-63-61-59-57-55-53-51-49-47-45-43-41-39-37-35-33-31-29-27-25-23-21-19-17-15-13-11-9-7-2/h9,11,15,17-18,20-21,23-24,26-27,29-30,32-33,35,86H,6-8,10,12-14,16,19,22,25,28,31,34,36-85H2,1-5H3/b11-9-,17-15-,20-18-,23-21-,26-24-,29-27-,32-30-,35-33-. The lowest BCUT2D eigenvalue weighted by Gasteiger charge is -2.28. The van der Waals surface area contributed by atoms with E-state index in [1.54, 1.807) is 0 Å². The summed E-state index contributed by atoms with van der Waals surface area (Å²) in [6, 6.07) is 0. The second-order valence-corrected chi connectivity index (χ2v) is 30.9. The maximum Gasteiger partial charge on any atom is 0.306 e. The van der Waals surface area contributed by atoms with Gasteiger partial charge in [0.25, 0.3) is 7.82 Å². The first-order valence-corrected chi connectivity index (χ1v) is 43.4. The van der Waals surface area contributed by atoms with Gasteiger partial charge in [-0.2, -0.15) is 0 Å². The number of phosphoric acid groups is 1.